The highest BCUT2D eigenvalue weighted by Crippen LogP contribution is 2.21. The second-order valence-corrected chi connectivity index (χ2v) is 3.15. The summed E-state index contributed by atoms with van der Waals surface area (Å²) in [6, 6.07) is 0. The summed E-state index contributed by atoms with van der Waals surface area (Å²) in [4.78, 5) is 25.0. The van der Waals surface area contributed by atoms with Gasteiger partial charge in [0.05, 0.1) is 0 Å². The Hall–Kier alpha value is -1.85. The molecule has 0 saturated heterocycles. The molecule has 0 spiro atoms. The van der Waals surface area contributed by atoms with Gasteiger partial charge >= 0.3 is 11.9 Å². The number of aromatic nitrogens is 1. The molecule has 1 heterocycles. The first-order chi connectivity index (χ1) is 6.97. The van der Waals surface area contributed by atoms with E-state index in [1.165, 1.54) is 0 Å². The number of carboxylic acid groups (broad SMARTS) is 2. The summed E-state index contributed by atoms with van der Waals surface area (Å²) in [6.07, 6.45) is 0.693. The number of nitrogens with zero attached hydrogens (tertiary/aromatic N) is 1. The standard InChI is InChI=1S/C9H11NO5/c1-3-4(2)7-10-5(8(11)12)6(15-7)9(13)14/h4H,3H2,1-2H3,(H,11,12)(H,13,14). The lowest BCUT2D eigenvalue weighted by Gasteiger charge is -1.99. The molecular formula is C9H11NO5. The van der Waals surface area contributed by atoms with Gasteiger partial charge in [-0.15, -0.1) is 0 Å². The number of rotatable bonds is 4. The quantitative estimate of drug-likeness (QED) is 0.787. The van der Waals surface area contributed by atoms with Gasteiger partial charge in [0.2, 0.25) is 11.5 Å². The van der Waals surface area contributed by atoms with E-state index in [0.717, 1.165) is 0 Å². The maximum absolute atomic E-state index is 10.7. The third kappa shape index (κ3) is 2.15. The summed E-state index contributed by atoms with van der Waals surface area (Å²) in [5.74, 6) is -3.39. The molecule has 0 aliphatic rings. The largest absolute Gasteiger partial charge is 0.476 e. The second-order valence-electron chi connectivity index (χ2n) is 3.15. The van der Waals surface area contributed by atoms with Crippen LogP contribution in [0.2, 0.25) is 0 Å². The SMILES string of the molecule is CCC(C)c1nc(C(=O)O)c(C(=O)O)o1. The van der Waals surface area contributed by atoms with Gasteiger partial charge in [0, 0.05) is 5.92 Å². The molecule has 1 atom stereocenters. The van der Waals surface area contributed by atoms with Gasteiger partial charge in [-0.2, -0.15) is 0 Å². The molecule has 1 aromatic heterocycles. The van der Waals surface area contributed by atoms with Crippen molar-refractivity contribution >= 4 is 11.9 Å². The summed E-state index contributed by atoms with van der Waals surface area (Å²) in [5, 5.41) is 17.4. The minimum Gasteiger partial charge on any atom is -0.476 e. The number of carboxylic acids is 2. The van der Waals surface area contributed by atoms with Crippen LogP contribution in [0.15, 0.2) is 4.42 Å². The van der Waals surface area contributed by atoms with Crippen LogP contribution >= 0.6 is 0 Å². The summed E-state index contributed by atoms with van der Waals surface area (Å²) >= 11 is 0. The fraction of sp³-hybridized carbons (Fsp3) is 0.444. The molecule has 0 bridgehead atoms. The smallest absolute Gasteiger partial charge is 0.374 e. The van der Waals surface area contributed by atoms with Crippen LogP contribution in [-0.2, 0) is 0 Å². The molecule has 1 unspecified atom stereocenters. The predicted octanol–water partition coefficient (Wildman–Crippen LogP) is 1.58. The van der Waals surface area contributed by atoms with Crippen LogP contribution in [0.25, 0.3) is 0 Å². The van der Waals surface area contributed by atoms with Crippen molar-refractivity contribution in [3.05, 3.63) is 17.3 Å². The predicted molar refractivity (Wildman–Crippen MR) is 49.1 cm³/mol. The Kier molecular flexibility index (Phi) is 3.08. The number of hydrogen-bond acceptors (Lipinski definition) is 4. The van der Waals surface area contributed by atoms with Gasteiger partial charge in [-0.05, 0) is 6.42 Å². The topological polar surface area (TPSA) is 101 Å². The van der Waals surface area contributed by atoms with Crippen LogP contribution in [0.5, 0.6) is 0 Å². The first kappa shape index (κ1) is 11.2. The molecule has 6 nitrogen and oxygen atoms in total. The molecule has 0 aliphatic heterocycles. The molecule has 6 heteroatoms. The fourth-order valence-corrected chi connectivity index (χ4v) is 1.01. The van der Waals surface area contributed by atoms with Crippen molar-refractivity contribution in [1.82, 2.24) is 4.98 Å². The van der Waals surface area contributed by atoms with Crippen LogP contribution in [-0.4, -0.2) is 27.1 Å². The van der Waals surface area contributed by atoms with Crippen LogP contribution in [0.1, 0.15) is 53.1 Å². The van der Waals surface area contributed by atoms with Gasteiger partial charge in [0.25, 0.3) is 0 Å². The minimum absolute atomic E-state index is 0.101. The molecule has 15 heavy (non-hydrogen) atoms. The van der Waals surface area contributed by atoms with E-state index in [-0.39, 0.29) is 11.8 Å². The fourth-order valence-electron chi connectivity index (χ4n) is 1.01. The van der Waals surface area contributed by atoms with Gasteiger partial charge in [-0.3, -0.25) is 0 Å². The van der Waals surface area contributed by atoms with Gasteiger partial charge in [0.15, 0.2) is 5.89 Å². The van der Waals surface area contributed by atoms with Crippen LogP contribution in [0.3, 0.4) is 0 Å². The highest BCUT2D eigenvalue weighted by molar-refractivity contribution is 5.98. The molecule has 1 aromatic rings. The first-order valence-corrected chi connectivity index (χ1v) is 4.44. The van der Waals surface area contributed by atoms with E-state index < -0.39 is 23.4 Å². The molecule has 0 radical (unpaired) electrons. The van der Waals surface area contributed by atoms with E-state index in [2.05, 4.69) is 4.98 Å². The van der Waals surface area contributed by atoms with E-state index in [0.29, 0.717) is 6.42 Å². The van der Waals surface area contributed by atoms with Crippen molar-refractivity contribution in [2.45, 2.75) is 26.2 Å². The second kappa shape index (κ2) is 4.12. The van der Waals surface area contributed by atoms with E-state index in [1.54, 1.807) is 6.92 Å². The Morgan fingerprint density at radius 3 is 2.33 bits per heavy atom. The molecular weight excluding hydrogens is 202 g/mol. The molecule has 1 rings (SSSR count). The average Bonchev–Trinajstić information content (AvgIpc) is 2.61. The Labute approximate surface area is 85.5 Å². The lowest BCUT2D eigenvalue weighted by atomic mass is 10.1. The van der Waals surface area contributed by atoms with E-state index in [9.17, 15) is 9.59 Å². The van der Waals surface area contributed by atoms with E-state index >= 15 is 0 Å². The Balaban J connectivity index is 3.21. The Bertz CT molecular complexity index is 364. The van der Waals surface area contributed by atoms with Crippen LogP contribution < -0.4 is 0 Å². The highest BCUT2D eigenvalue weighted by atomic mass is 16.4. The summed E-state index contributed by atoms with van der Waals surface area (Å²) in [7, 11) is 0. The lowest BCUT2D eigenvalue weighted by molar-refractivity contribution is 0.0622. The molecule has 0 saturated carbocycles. The zero-order chi connectivity index (χ0) is 11.6. The van der Waals surface area contributed by atoms with Gasteiger partial charge in [-0.1, -0.05) is 13.8 Å². The molecule has 0 fully saturated rings. The summed E-state index contributed by atoms with van der Waals surface area (Å²) in [6.45, 7) is 3.65. The van der Waals surface area contributed by atoms with Gasteiger partial charge in [0.1, 0.15) is 0 Å². The molecule has 0 amide bonds. The lowest BCUT2D eigenvalue weighted by Crippen LogP contribution is -2.05. The van der Waals surface area contributed by atoms with Crippen molar-refractivity contribution in [2.75, 3.05) is 0 Å². The molecule has 2 N–H and O–H groups in total. The average molecular weight is 213 g/mol. The van der Waals surface area contributed by atoms with Crippen LogP contribution in [0, 0.1) is 0 Å². The van der Waals surface area contributed by atoms with Crippen molar-refractivity contribution in [3.63, 3.8) is 0 Å². The number of hydrogen-bond donors (Lipinski definition) is 2. The third-order valence-corrected chi connectivity index (χ3v) is 2.07. The van der Waals surface area contributed by atoms with Crippen molar-refractivity contribution in [3.8, 4) is 0 Å². The summed E-state index contributed by atoms with van der Waals surface area (Å²) in [5.41, 5.74) is -0.544. The maximum atomic E-state index is 10.7. The molecule has 0 aliphatic carbocycles. The first-order valence-electron chi connectivity index (χ1n) is 4.44. The third-order valence-electron chi connectivity index (χ3n) is 2.07. The zero-order valence-corrected chi connectivity index (χ0v) is 8.35. The minimum atomic E-state index is -1.42. The van der Waals surface area contributed by atoms with Crippen molar-refractivity contribution in [1.29, 1.82) is 0 Å². The van der Waals surface area contributed by atoms with Crippen molar-refractivity contribution in [2.24, 2.45) is 0 Å². The number of aromatic carboxylic acids is 2. The Morgan fingerprint density at radius 2 is 2.00 bits per heavy atom. The maximum Gasteiger partial charge on any atom is 0.374 e. The number of oxazole rings is 1. The number of carbonyl (C=O) groups is 2. The summed E-state index contributed by atoms with van der Waals surface area (Å²) < 4.78 is 4.90. The monoisotopic (exact) mass is 213 g/mol. The van der Waals surface area contributed by atoms with Crippen molar-refractivity contribution < 1.29 is 24.2 Å². The van der Waals surface area contributed by atoms with E-state index in [1.807, 2.05) is 6.92 Å². The molecule has 0 aromatic carbocycles. The van der Waals surface area contributed by atoms with Gasteiger partial charge < -0.3 is 14.6 Å². The zero-order valence-electron chi connectivity index (χ0n) is 8.35. The van der Waals surface area contributed by atoms with E-state index in [4.69, 9.17) is 14.6 Å². The normalized spacial score (nSPS) is 12.4. The molecule has 82 valence electrons. The van der Waals surface area contributed by atoms with Gasteiger partial charge in [-0.25, -0.2) is 14.6 Å². The highest BCUT2D eigenvalue weighted by Gasteiger charge is 2.26. The Morgan fingerprint density at radius 1 is 1.40 bits per heavy atom. The van der Waals surface area contributed by atoms with Crippen LogP contribution in [0.4, 0.5) is 0 Å².